The fraction of sp³-hybridized carbons (Fsp3) is 0.400. The maximum Gasteiger partial charge on any atom is 0.305 e. The Labute approximate surface area is 93.2 Å². The van der Waals surface area contributed by atoms with Crippen LogP contribution in [0.5, 0.6) is 0 Å². The van der Waals surface area contributed by atoms with E-state index < -0.39 is 5.97 Å². The highest BCUT2D eigenvalue weighted by Gasteiger charge is 2.08. The Morgan fingerprint density at radius 1 is 1.62 bits per heavy atom. The molecule has 6 nitrogen and oxygen atoms in total. The largest absolute Gasteiger partial charge is 0.481 e. The van der Waals surface area contributed by atoms with Gasteiger partial charge in [-0.2, -0.15) is 5.26 Å². The number of carbonyl (C=O) groups is 1. The van der Waals surface area contributed by atoms with E-state index >= 15 is 0 Å². The van der Waals surface area contributed by atoms with Gasteiger partial charge in [0.1, 0.15) is 11.8 Å². The molecule has 0 aliphatic heterocycles. The topological polar surface area (TPSA) is 90.1 Å². The lowest BCUT2D eigenvalue weighted by Crippen LogP contribution is -2.23. The van der Waals surface area contributed by atoms with Gasteiger partial charge in [0, 0.05) is 19.3 Å². The summed E-state index contributed by atoms with van der Waals surface area (Å²) in [5.41, 5.74) is 0.966. The molecule has 1 aromatic rings. The lowest BCUT2D eigenvalue weighted by atomic mass is 10.3. The number of nitrogens with zero attached hydrogens (tertiary/aromatic N) is 4. The summed E-state index contributed by atoms with van der Waals surface area (Å²) in [4.78, 5) is 20.1. The minimum Gasteiger partial charge on any atom is -0.481 e. The van der Waals surface area contributed by atoms with Crippen LogP contribution in [0.1, 0.15) is 17.8 Å². The van der Waals surface area contributed by atoms with Crippen LogP contribution in [0.4, 0.5) is 5.95 Å². The van der Waals surface area contributed by atoms with Gasteiger partial charge >= 0.3 is 5.97 Å². The average Bonchev–Trinajstić information content (AvgIpc) is 2.24. The van der Waals surface area contributed by atoms with Crippen molar-refractivity contribution < 1.29 is 9.90 Å². The monoisotopic (exact) mass is 220 g/mol. The zero-order valence-electron chi connectivity index (χ0n) is 9.14. The van der Waals surface area contributed by atoms with Crippen LogP contribution in [0, 0.1) is 18.3 Å². The van der Waals surface area contributed by atoms with E-state index in [2.05, 4.69) is 9.97 Å². The van der Waals surface area contributed by atoms with Crippen LogP contribution in [0.3, 0.4) is 0 Å². The van der Waals surface area contributed by atoms with Crippen LogP contribution >= 0.6 is 0 Å². The lowest BCUT2D eigenvalue weighted by Gasteiger charge is -2.15. The summed E-state index contributed by atoms with van der Waals surface area (Å²) >= 11 is 0. The normalized spacial score (nSPS) is 9.56. The van der Waals surface area contributed by atoms with Crippen molar-refractivity contribution in [2.75, 3.05) is 18.5 Å². The number of aromatic nitrogens is 2. The first kappa shape index (κ1) is 11.9. The summed E-state index contributed by atoms with van der Waals surface area (Å²) in [7, 11) is 1.69. The van der Waals surface area contributed by atoms with E-state index in [-0.39, 0.29) is 12.1 Å². The third-order valence-corrected chi connectivity index (χ3v) is 1.96. The molecule has 0 fully saturated rings. The molecule has 0 aliphatic carbocycles. The summed E-state index contributed by atoms with van der Waals surface area (Å²) in [6.45, 7) is 2.07. The average molecular weight is 220 g/mol. The number of rotatable bonds is 4. The van der Waals surface area contributed by atoms with Crippen molar-refractivity contribution in [2.24, 2.45) is 0 Å². The lowest BCUT2D eigenvalue weighted by molar-refractivity contribution is -0.136. The molecule has 0 unspecified atom stereocenters. The molecule has 0 atom stereocenters. The Hall–Kier alpha value is -2.16. The van der Waals surface area contributed by atoms with E-state index in [0.29, 0.717) is 18.2 Å². The highest BCUT2D eigenvalue weighted by molar-refractivity contribution is 5.67. The minimum atomic E-state index is -0.875. The van der Waals surface area contributed by atoms with Gasteiger partial charge in [-0.25, -0.2) is 9.97 Å². The maximum atomic E-state index is 10.4. The molecule has 0 saturated heterocycles. The first-order valence-electron chi connectivity index (χ1n) is 4.71. The van der Waals surface area contributed by atoms with Gasteiger partial charge in [-0.15, -0.1) is 0 Å². The Kier molecular flexibility index (Phi) is 3.78. The van der Waals surface area contributed by atoms with Gasteiger partial charge in [0.25, 0.3) is 0 Å². The van der Waals surface area contributed by atoms with Crippen LogP contribution < -0.4 is 4.90 Å². The van der Waals surface area contributed by atoms with E-state index in [0.717, 1.165) is 0 Å². The number of nitriles is 1. The van der Waals surface area contributed by atoms with Crippen molar-refractivity contribution in [3.05, 3.63) is 17.5 Å². The molecule has 1 aromatic heterocycles. The quantitative estimate of drug-likeness (QED) is 0.797. The fourth-order valence-corrected chi connectivity index (χ4v) is 1.14. The van der Waals surface area contributed by atoms with Gasteiger partial charge in [-0.3, -0.25) is 4.79 Å². The molecule has 0 radical (unpaired) electrons. The Morgan fingerprint density at radius 2 is 2.31 bits per heavy atom. The molecular formula is C10H12N4O2. The van der Waals surface area contributed by atoms with Crippen LogP contribution in [0.2, 0.25) is 0 Å². The SMILES string of the molecule is Cc1cc(C#N)nc(N(C)CCC(=O)O)n1. The molecule has 1 N–H and O–H groups in total. The predicted molar refractivity (Wildman–Crippen MR) is 57.0 cm³/mol. The molecule has 6 heteroatoms. The molecule has 0 aromatic carbocycles. The summed E-state index contributed by atoms with van der Waals surface area (Å²) in [6, 6.07) is 3.51. The first-order valence-corrected chi connectivity index (χ1v) is 4.71. The van der Waals surface area contributed by atoms with Gasteiger partial charge in [0.05, 0.1) is 6.42 Å². The molecule has 0 bridgehead atoms. The van der Waals surface area contributed by atoms with Crippen LogP contribution in [0.15, 0.2) is 6.07 Å². The van der Waals surface area contributed by atoms with Gasteiger partial charge in [0.2, 0.25) is 5.95 Å². The van der Waals surface area contributed by atoms with E-state index in [4.69, 9.17) is 10.4 Å². The van der Waals surface area contributed by atoms with Gasteiger partial charge in [-0.1, -0.05) is 0 Å². The van der Waals surface area contributed by atoms with Crippen molar-refractivity contribution in [3.8, 4) is 6.07 Å². The number of aryl methyl sites for hydroxylation is 1. The molecule has 0 aliphatic rings. The zero-order chi connectivity index (χ0) is 12.1. The van der Waals surface area contributed by atoms with E-state index in [1.165, 1.54) is 0 Å². The van der Waals surface area contributed by atoms with E-state index in [9.17, 15) is 4.79 Å². The van der Waals surface area contributed by atoms with Crippen LogP contribution in [-0.2, 0) is 4.79 Å². The van der Waals surface area contributed by atoms with Gasteiger partial charge < -0.3 is 10.0 Å². The maximum absolute atomic E-state index is 10.4. The smallest absolute Gasteiger partial charge is 0.305 e. The van der Waals surface area contributed by atoms with Crippen molar-refractivity contribution >= 4 is 11.9 Å². The minimum absolute atomic E-state index is 0.00961. The number of hydrogen-bond acceptors (Lipinski definition) is 5. The molecule has 16 heavy (non-hydrogen) atoms. The molecule has 1 heterocycles. The summed E-state index contributed by atoms with van der Waals surface area (Å²) < 4.78 is 0. The van der Waals surface area contributed by atoms with Crippen LogP contribution in [-0.4, -0.2) is 34.6 Å². The van der Waals surface area contributed by atoms with Crippen molar-refractivity contribution in [3.63, 3.8) is 0 Å². The standard InChI is InChI=1S/C10H12N4O2/c1-7-5-8(6-11)13-10(12-7)14(2)4-3-9(15)16/h5H,3-4H2,1-2H3,(H,15,16). The highest BCUT2D eigenvalue weighted by atomic mass is 16.4. The molecule has 0 amide bonds. The highest BCUT2D eigenvalue weighted by Crippen LogP contribution is 2.08. The van der Waals surface area contributed by atoms with Crippen molar-refractivity contribution in [1.82, 2.24) is 9.97 Å². The zero-order valence-corrected chi connectivity index (χ0v) is 9.14. The third kappa shape index (κ3) is 3.20. The number of carboxylic acid groups (broad SMARTS) is 1. The van der Waals surface area contributed by atoms with Gasteiger partial charge in [0.15, 0.2) is 0 Å². The molecule has 0 saturated carbocycles. The molecule has 0 spiro atoms. The second kappa shape index (κ2) is 5.07. The van der Waals surface area contributed by atoms with Crippen molar-refractivity contribution in [2.45, 2.75) is 13.3 Å². The number of aliphatic carboxylic acids is 1. The summed E-state index contributed by atoms with van der Waals surface area (Å²) in [6.07, 6.45) is 0.00961. The second-order valence-corrected chi connectivity index (χ2v) is 3.37. The number of carboxylic acids is 1. The Bertz CT molecular complexity index is 439. The Morgan fingerprint density at radius 3 is 2.88 bits per heavy atom. The molecular weight excluding hydrogens is 208 g/mol. The van der Waals surface area contributed by atoms with Crippen molar-refractivity contribution in [1.29, 1.82) is 5.26 Å². The molecule has 84 valence electrons. The van der Waals surface area contributed by atoms with E-state index in [1.54, 1.807) is 24.9 Å². The fourth-order valence-electron chi connectivity index (χ4n) is 1.14. The molecule has 1 rings (SSSR count). The number of hydrogen-bond donors (Lipinski definition) is 1. The summed E-state index contributed by atoms with van der Waals surface area (Å²) in [5.74, 6) is -0.502. The third-order valence-electron chi connectivity index (χ3n) is 1.96. The van der Waals surface area contributed by atoms with Crippen LogP contribution in [0.25, 0.3) is 0 Å². The van der Waals surface area contributed by atoms with Gasteiger partial charge in [-0.05, 0) is 13.0 Å². The predicted octanol–water partition coefficient (Wildman–Crippen LogP) is 0.568. The summed E-state index contributed by atoms with van der Waals surface area (Å²) in [5, 5.41) is 17.3. The second-order valence-electron chi connectivity index (χ2n) is 3.37. The number of anilines is 1. The first-order chi connectivity index (χ1) is 7.52. The Balaban J connectivity index is 2.83. The van der Waals surface area contributed by atoms with E-state index in [1.807, 2.05) is 6.07 Å².